The van der Waals surface area contributed by atoms with Crippen molar-refractivity contribution >= 4 is 11.9 Å². The topological polar surface area (TPSA) is 94.0 Å². The van der Waals surface area contributed by atoms with Crippen LogP contribution >= 0.6 is 0 Å². The molecule has 2 heterocycles. The van der Waals surface area contributed by atoms with Crippen LogP contribution in [0.25, 0.3) is 16.9 Å². The number of benzene rings is 2. The third-order valence-electron chi connectivity index (χ3n) is 4.15. The summed E-state index contributed by atoms with van der Waals surface area (Å²) in [5.41, 5.74) is 8.00. The van der Waals surface area contributed by atoms with E-state index < -0.39 is 0 Å². The fourth-order valence-corrected chi connectivity index (χ4v) is 2.76. The van der Waals surface area contributed by atoms with Crippen LogP contribution in [0.1, 0.15) is 10.4 Å². The van der Waals surface area contributed by atoms with Gasteiger partial charge in [0.2, 0.25) is 11.8 Å². The second-order valence-corrected chi connectivity index (χ2v) is 6.04. The van der Waals surface area contributed by atoms with Crippen molar-refractivity contribution in [3.05, 3.63) is 84.7 Å². The third-order valence-corrected chi connectivity index (χ3v) is 4.15. The summed E-state index contributed by atoms with van der Waals surface area (Å²) in [6.45, 7) is 0. The standard InChI is InChI=1S/C21H18N6O2/c1-29-18-12-13-22-21(23-18)25-24-20(28)17-14-27(16-10-6-3-7-11-16)26-19(17)15-8-4-2-5-9-15/h2-14H,1H3,(H,24,28)(H,22,23,25). The lowest BCUT2D eigenvalue weighted by Crippen LogP contribution is -2.30. The maximum atomic E-state index is 12.9. The molecule has 0 aliphatic carbocycles. The second kappa shape index (κ2) is 8.22. The molecule has 0 saturated heterocycles. The van der Waals surface area contributed by atoms with Crippen LogP contribution in [0.3, 0.4) is 0 Å². The van der Waals surface area contributed by atoms with Crippen molar-refractivity contribution in [2.45, 2.75) is 0 Å². The van der Waals surface area contributed by atoms with Gasteiger partial charge in [0.1, 0.15) is 5.69 Å². The molecule has 4 aromatic rings. The monoisotopic (exact) mass is 386 g/mol. The van der Waals surface area contributed by atoms with Crippen LogP contribution in [0.15, 0.2) is 79.1 Å². The van der Waals surface area contributed by atoms with Crippen LogP contribution in [0.5, 0.6) is 5.88 Å². The number of ether oxygens (including phenoxy) is 1. The van der Waals surface area contributed by atoms with Crippen molar-refractivity contribution in [1.29, 1.82) is 0 Å². The molecule has 8 nitrogen and oxygen atoms in total. The minimum atomic E-state index is -0.363. The number of carbonyl (C=O) groups excluding carboxylic acids is 1. The Labute approximate surface area is 167 Å². The minimum Gasteiger partial charge on any atom is -0.481 e. The highest BCUT2D eigenvalue weighted by Gasteiger charge is 2.18. The number of anilines is 1. The molecule has 0 aliphatic heterocycles. The fraction of sp³-hybridized carbons (Fsp3) is 0.0476. The van der Waals surface area contributed by atoms with Crippen molar-refractivity contribution in [2.24, 2.45) is 0 Å². The van der Waals surface area contributed by atoms with Crippen LogP contribution in [0.4, 0.5) is 5.95 Å². The summed E-state index contributed by atoms with van der Waals surface area (Å²) in [6, 6.07) is 20.8. The first-order valence-electron chi connectivity index (χ1n) is 8.88. The summed E-state index contributed by atoms with van der Waals surface area (Å²) in [6.07, 6.45) is 3.23. The maximum Gasteiger partial charge on any atom is 0.273 e. The van der Waals surface area contributed by atoms with E-state index in [9.17, 15) is 4.79 Å². The Morgan fingerprint density at radius 3 is 2.45 bits per heavy atom. The average molecular weight is 386 g/mol. The number of aromatic nitrogens is 4. The fourth-order valence-electron chi connectivity index (χ4n) is 2.76. The van der Waals surface area contributed by atoms with Gasteiger partial charge in [0.25, 0.3) is 5.91 Å². The number of rotatable bonds is 6. The number of hydrogen-bond acceptors (Lipinski definition) is 6. The lowest BCUT2D eigenvalue weighted by molar-refractivity contribution is 0.0963. The summed E-state index contributed by atoms with van der Waals surface area (Å²) < 4.78 is 6.74. The molecule has 8 heteroatoms. The highest BCUT2D eigenvalue weighted by atomic mass is 16.5. The van der Waals surface area contributed by atoms with Gasteiger partial charge in [-0.25, -0.2) is 9.67 Å². The van der Waals surface area contributed by atoms with E-state index in [1.165, 1.54) is 13.3 Å². The van der Waals surface area contributed by atoms with Crippen molar-refractivity contribution in [2.75, 3.05) is 12.5 Å². The average Bonchev–Trinajstić information content (AvgIpc) is 3.24. The smallest absolute Gasteiger partial charge is 0.273 e. The van der Waals surface area contributed by atoms with Crippen molar-refractivity contribution in [3.63, 3.8) is 0 Å². The Morgan fingerprint density at radius 2 is 1.72 bits per heavy atom. The summed E-state index contributed by atoms with van der Waals surface area (Å²) >= 11 is 0. The van der Waals surface area contributed by atoms with Gasteiger partial charge in [-0.15, -0.1) is 0 Å². The number of nitrogens with one attached hydrogen (secondary N) is 2. The lowest BCUT2D eigenvalue weighted by atomic mass is 10.1. The van der Waals surface area contributed by atoms with Gasteiger partial charge in [-0.2, -0.15) is 10.1 Å². The van der Waals surface area contributed by atoms with E-state index in [0.717, 1.165) is 11.3 Å². The largest absolute Gasteiger partial charge is 0.481 e. The molecule has 0 aliphatic rings. The Kier molecular flexibility index (Phi) is 5.15. The first-order chi connectivity index (χ1) is 14.2. The molecular formula is C21H18N6O2. The van der Waals surface area contributed by atoms with E-state index in [4.69, 9.17) is 4.74 Å². The van der Waals surface area contributed by atoms with Gasteiger partial charge in [-0.3, -0.25) is 15.6 Å². The van der Waals surface area contributed by atoms with Crippen LogP contribution in [-0.2, 0) is 0 Å². The van der Waals surface area contributed by atoms with E-state index >= 15 is 0 Å². The molecule has 2 aromatic heterocycles. The van der Waals surface area contributed by atoms with Crippen molar-refractivity contribution < 1.29 is 9.53 Å². The van der Waals surface area contributed by atoms with Gasteiger partial charge in [0.15, 0.2) is 0 Å². The molecule has 4 rings (SSSR count). The predicted octanol–water partition coefficient (Wildman–Crippen LogP) is 3.09. The van der Waals surface area contributed by atoms with E-state index in [1.54, 1.807) is 16.9 Å². The van der Waals surface area contributed by atoms with Gasteiger partial charge in [-0.1, -0.05) is 48.5 Å². The molecule has 2 N–H and O–H groups in total. The minimum absolute atomic E-state index is 0.217. The van der Waals surface area contributed by atoms with Gasteiger partial charge in [-0.05, 0) is 12.1 Å². The van der Waals surface area contributed by atoms with Gasteiger partial charge < -0.3 is 4.74 Å². The normalized spacial score (nSPS) is 10.4. The summed E-state index contributed by atoms with van der Waals surface area (Å²) in [7, 11) is 1.51. The zero-order chi connectivity index (χ0) is 20.1. The quantitative estimate of drug-likeness (QED) is 0.495. The third kappa shape index (κ3) is 4.06. The van der Waals surface area contributed by atoms with E-state index in [1.807, 2.05) is 60.7 Å². The van der Waals surface area contributed by atoms with Gasteiger partial charge in [0, 0.05) is 24.0 Å². The molecule has 0 saturated carbocycles. The summed E-state index contributed by atoms with van der Waals surface area (Å²) in [5, 5.41) is 4.63. The summed E-state index contributed by atoms with van der Waals surface area (Å²) in [5.74, 6) is 0.241. The Bertz CT molecular complexity index is 1110. The first-order valence-corrected chi connectivity index (χ1v) is 8.88. The molecule has 0 fully saturated rings. The zero-order valence-electron chi connectivity index (χ0n) is 15.6. The van der Waals surface area contributed by atoms with Gasteiger partial charge in [0.05, 0.1) is 18.4 Å². The maximum absolute atomic E-state index is 12.9. The van der Waals surface area contributed by atoms with Crippen molar-refractivity contribution in [1.82, 2.24) is 25.2 Å². The van der Waals surface area contributed by atoms with Crippen LogP contribution in [0, 0.1) is 0 Å². The Balaban J connectivity index is 1.64. The number of hydrogen-bond donors (Lipinski definition) is 2. The van der Waals surface area contributed by atoms with Crippen molar-refractivity contribution in [3.8, 4) is 22.8 Å². The Morgan fingerprint density at radius 1 is 1.00 bits per heavy atom. The SMILES string of the molecule is COc1ccnc(NNC(=O)c2cn(-c3ccccc3)nc2-c2ccccc2)n1. The number of amides is 1. The predicted molar refractivity (Wildman–Crippen MR) is 109 cm³/mol. The van der Waals surface area contributed by atoms with E-state index in [2.05, 4.69) is 25.9 Å². The Hall–Kier alpha value is -4.20. The van der Waals surface area contributed by atoms with Gasteiger partial charge >= 0.3 is 0 Å². The molecule has 144 valence electrons. The molecule has 1 amide bonds. The summed E-state index contributed by atoms with van der Waals surface area (Å²) in [4.78, 5) is 21.1. The first kappa shape index (κ1) is 18.2. The molecule has 0 unspecified atom stereocenters. The number of methoxy groups -OCH3 is 1. The second-order valence-electron chi connectivity index (χ2n) is 6.04. The number of hydrazine groups is 1. The van der Waals surface area contributed by atoms with Crippen LogP contribution in [0.2, 0.25) is 0 Å². The zero-order valence-corrected chi connectivity index (χ0v) is 15.6. The molecule has 29 heavy (non-hydrogen) atoms. The molecule has 0 spiro atoms. The molecule has 0 atom stereocenters. The lowest BCUT2D eigenvalue weighted by Gasteiger charge is -2.07. The highest BCUT2D eigenvalue weighted by Crippen LogP contribution is 2.23. The van der Waals surface area contributed by atoms with Crippen LogP contribution in [-0.4, -0.2) is 32.8 Å². The molecule has 0 bridgehead atoms. The van der Waals surface area contributed by atoms with E-state index in [0.29, 0.717) is 17.1 Å². The van der Waals surface area contributed by atoms with E-state index in [-0.39, 0.29) is 11.9 Å². The molecular weight excluding hydrogens is 368 g/mol. The van der Waals surface area contributed by atoms with Crippen LogP contribution < -0.4 is 15.6 Å². The molecule has 0 radical (unpaired) electrons. The number of nitrogens with zero attached hydrogens (tertiary/aromatic N) is 4. The highest BCUT2D eigenvalue weighted by molar-refractivity contribution is 6.00. The number of carbonyl (C=O) groups is 1. The molecule has 2 aromatic carbocycles. The number of para-hydroxylation sites is 1.